The monoisotopic (exact) mass is 471 g/mol. The molecule has 1 fully saturated rings. The van der Waals surface area contributed by atoms with E-state index in [1.54, 1.807) is 33.2 Å². The minimum atomic E-state index is -1.38. The molecule has 35 heavy (non-hydrogen) atoms. The van der Waals surface area contributed by atoms with Crippen molar-refractivity contribution in [2.24, 2.45) is 0 Å². The molecule has 3 aromatic carbocycles. The first-order valence-corrected chi connectivity index (χ1v) is 11.2. The molecule has 8 nitrogen and oxygen atoms in total. The zero-order valence-corrected chi connectivity index (χ0v) is 19.7. The minimum Gasteiger partial charge on any atom is -0.497 e. The molecule has 0 saturated carbocycles. The number of benzene rings is 3. The quantitative estimate of drug-likeness (QED) is 0.429. The Balaban J connectivity index is 1.29. The second-order valence-electron chi connectivity index (χ2n) is 8.89. The third-order valence-electron chi connectivity index (χ3n) is 6.44. The number of carbonyl (C=O) groups excluding carboxylic acids is 3. The van der Waals surface area contributed by atoms with Crippen LogP contribution in [0.25, 0.3) is 21.7 Å². The van der Waals surface area contributed by atoms with Crippen LogP contribution in [0.3, 0.4) is 0 Å². The Morgan fingerprint density at radius 2 is 1.77 bits per heavy atom. The van der Waals surface area contributed by atoms with Gasteiger partial charge in [0.2, 0.25) is 5.91 Å². The molecule has 8 heteroatoms. The summed E-state index contributed by atoms with van der Waals surface area (Å²) in [7, 11) is 3.28. The third-order valence-corrected chi connectivity index (χ3v) is 6.44. The standard InChI is InChI=1S/C27H25N3O5/c1-27(23-14-20-6-4-5-7-22(20)35-23)25(32)30(26(33)28-27)16-24(31)29(2)15-17-8-9-19-13-21(34-3)11-10-18(19)12-17/h4-14H,15-16H2,1-3H3,(H,28,33). The lowest BCUT2D eigenvalue weighted by Gasteiger charge is -2.22. The van der Waals surface area contributed by atoms with Crippen molar-refractivity contribution in [3.63, 3.8) is 0 Å². The number of imide groups is 1. The van der Waals surface area contributed by atoms with Crippen molar-refractivity contribution in [1.82, 2.24) is 15.1 Å². The fourth-order valence-electron chi connectivity index (χ4n) is 4.35. The van der Waals surface area contributed by atoms with E-state index in [-0.39, 0.29) is 12.5 Å². The second kappa shape index (κ2) is 8.47. The number of furan rings is 1. The number of nitrogens with one attached hydrogen (secondary N) is 1. The highest BCUT2D eigenvalue weighted by molar-refractivity contribution is 6.09. The van der Waals surface area contributed by atoms with E-state index in [0.717, 1.165) is 32.4 Å². The first-order chi connectivity index (χ1) is 16.8. The van der Waals surface area contributed by atoms with Gasteiger partial charge < -0.3 is 19.4 Å². The van der Waals surface area contributed by atoms with Crippen molar-refractivity contribution in [3.05, 3.63) is 78.1 Å². The van der Waals surface area contributed by atoms with Crippen LogP contribution in [-0.2, 0) is 21.7 Å². The molecule has 1 atom stereocenters. The number of amides is 4. The smallest absolute Gasteiger partial charge is 0.325 e. The molecule has 0 bridgehead atoms. The van der Waals surface area contributed by atoms with E-state index in [0.29, 0.717) is 17.9 Å². The van der Waals surface area contributed by atoms with Gasteiger partial charge in [-0.05, 0) is 53.6 Å². The third kappa shape index (κ3) is 3.97. The highest BCUT2D eigenvalue weighted by atomic mass is 16.5. The summed E-state index contributed by atoms with van der Waals surface area (Å²) in [4.78, 5) is 41.3. The predicted molar refractivity (Wildman–Crippen MR) is 131 cm³/mol. The number of likely N-dealkylation sites (N-methyl/N-ethyl adjacent to an activating group) is 1. The SMILES string of the molecule is COc1ccc2cc(CN(C)C(=O)CN3C(=O)NC(C)(c4cc5ccccc5o4)C3=O)ccc2c1. The Labute approximate surface area is 202 Å². The van der Waals surface area contributed by atoms with Crippen molar-refractivity contribution < 1.29 is 23.5 Å². The number of hydrogen-bond acceptors (Lipinski definition) is 5. The highest BCUT2D eigenvalue weighted by Crippen LogP contribution is 2.33. The molecular formula is C27H25N3O5. The molecule has 1 aromatic heterocycles. The van der Waals surface area contributed by atoms with Gasteiger partial charge in [-0.25, -0.2) is 4.79 Å². The largest absolute Gasteiger partial charge is 0.497 e. The van der Waals surface area contributed by atoms with E-state index in [9.17, 15) is 14.4 Å². The van der Waals surface area contributed by atoms with Gasteiger partial charge >= 0.3 is 6.03 Å². The van der Waals surface area contributed by atoms with E-state index >= 15 is 0 Å². The second-order valence-corrected chi connectivity index (χ2v) is 8.89. The van der Waals surface area contributed by atoms with E-state index in [2.05, 4.69) is 5.32 Å². The zero-order valence-electron chi connectivity index (χ0n) is 19.7. The van der Waals surface area contributed by atoms with Gasteiger partial charge in [0.15, 0.2) is 5.54 Å². The van der Waals surface area contributed by atoms with Crippen molar-refractivity contribution in [2.45, 2.75) is 19.0 Å². The first kappa shape index (κ1) is 22.5. The number of urea groups is 1. The lowest BCUT2D eigenvalue weighted by Crippen LogP contribution is -2.43. The summed E-state index contributed by atoms with van der Waals surface area (Å²) in [6.07, 6.45) is 0. The fourth-order valence-corrected chi connectivity index (χ4v) is 4.35. The lowest BCUT2D eigenvalue weighted by atomic mass is 9.99. The molecule has 1 N–H and O–H groups in total. The van der Waals surface area contributed by atoms with Crippen LogP contribution in [0.1, 0.15) is 18.2 Å². The van der Waals surface area contributed by atoms with Crippen molar-refractivity contribution in [1.29, 1.82) is 0 Å². The summed E-state index contributed by atoms with van der Waals surface area (Å²) in [5, 5.41) is 5.58. The van der Waals surface area contributed by atoms with Crippen molar-refractivity contribution in [2.75, 3.05) is 20.7 Å². The molecule has 1 aliphatic heterocycles. The first-order valence-electron chi connectivity index (χ1n) is 11.2. The van der Waals surface area contributed by atoms with E-state index in [1.807, 2.05) is 54.6 Å². The van der Waals surface area contributed by atoms with Gasteiger partial charge in [-0.15, -0.1) is 0 Å². The lowest BCUT2D eigenvalue weighted by molar-refractivity contribution is -0.138. The van der Waals surface area contributed by atoms with Gasteiger partial charge in [0, 0.05) is 19.0 Å². The van der Waals surface area contributed by atoms with Crippen LogP contribution >= 0.6 is 0 Å². The van der Waals surface area contributed by atoms with Gasteiger partial charge in [-0.2, -0.15) is 0 Å². The number of fused-ring (bicyclic) bond motifs is 2. The molecule has 4 amide bonds. The van der Waals surface area contributed by atoms with Gasteiger partial charge in [0.1, 0.15) is 23.6 Å². The normalized spacial score (nSPS) is 17.7. The van der Waals surface area contributed by atoms with Crippen LogP contribution in [0, 0.1) is 0 Å². The number of ether oxygens (including phenoxy) is 1. The molecule has 4 aromatic rings. The van der Waals surface area contributed by atoms with Gasteiger partial charge in [0.25, 0.3) is 5.91 Å². The van der Waals surface area contributed by atoms with Crippen LogP contribution in [0.15, 0.2) is 71.1 Å². The number of carbonyl (C=O) groups is 3. The Kier molecular flexibility index (Phi) is 5.43. The van der Waals surface area contributed by atoms with Crippen LogP contribution in [0.2, 0.25) is 0 Å². The van der Waals surface area contributed by atoms with Gasteiger partial charge in [-0.3, -0.25) is 14.5 Å². The molecule has 1 unspecified atom stereocenters. The van der Waals surface area contributed by atoms with Gasteiger partial charge in [-0.1, -0.05) is 36.4 Å². The number of rotatable bonds is 6. The average molecular weight is 472 g/mol. The number of methoxy groups -OCH3 is 1. The van der Waals surface area contributed by atoms with Crippen LogP contribution < -0.4 is 10.1 Å². The molecule has 1 aliphatic rings. The Hall–Kier alpha value is -4.33. The van der Waals surface area contributed by atoms with E-state index in [1.165, 1.54) is 4.90 Å². The number of nitrogens with zero attached hydrogens (tertiary/aromatic N) is 2. The summed E-state index contributed by atoms with van der Waals surface area (Å²) >= 11 is 0. The summed E-state index contributed by atoms with van der Waals surface area (Å²) in [5.41, 5.74) is 0.172. The van der Waals surface area contributed by atoms with E-state index < -0.39 is 17.5 Å². The summed E-state index contributed by atoms with van der Waals surface area (Å²) in [6, 6.07) is 20.2. The highest BCUT2D eigenvalue weighted by Gasteiger charge is 2.51. The number of para-hydroxylation sites is 1. The summed E-state index contributed by atoms with van der Waals surface area (Å²) < 4.78 is 11.1. The molecule has 0 spiro atoms. The van der Waals surface area contributed by atoms with Crippen LogP contribution in [0.4, 0.5) is 4.79 Å². The molecule has 178 valence electrons. The number of hydrogen-bond donors (Lipinski definition) is 1. The van der Waals surface area contributed by atoms with Crippen LogP contribution in [-0.4, -0.2) is 48.3 Å². The van der Waals surface area contributed by atoms with Crippen molar-refractivity contribution in [3.8, 4) is 5.75 Å². The topological polar surface area (TPSA) is 92.1 Å². The molecule has 2 heterocycles. The fraction of sp³-hybridized carbons (Fsp3) is 0.222. The average Bonchev–Trinajstić information content (AvgIpc) is 3.39. The molecule has 0 radical (unpaired) electrons. The summed E-state index contributed by atoms with van der Waals surface area (Å²) in [5.74, 6) is 0.231. The maximum absolute atomic E-state index is 13.2. The maximum atomic E-state index is 13.2. The Morgan fingerprint density at radius 3 is 2.54 bits per heavy atom. The van der Waals surface area contributed by atoms with Crippen molar-refractivity contribution >= 4 is 39.6 Å². The Bertz CT molecular complexity index is 1440. The Morgan fingerprint density at radius 1 is 1.03 bits per heavy atom. The van der Waals surface area contributed by atoms with E-state index in [4.69, 9.17) is 9.15 Å². The predicted octanol–water partition coefficient (Wildman–Crippen LogP) is 4.02. The molecule has 1 saturated heterocycles. The van der Waals surface area contributed by atoms with Gasteiger partial charge in [0.05, 0.1) is 7.11 Å². The zero-order chi connectivity index (χ0) is 24.7. The molecule has 5 rings (SSSR count). The minimum absolute atomic E-state index is 0.327. The molecule has 0 aliphatic carbocycles. The summed E-state index contributed by atoms with van der Waals surface area (Å²) in [6.45, 7) is 1.57. The molecular weight excluding hydrogens is 446 g/mol. The van der Waals surface area contributed by atoms with Crippen LogP contribution in [0.5, 0.6) is 5.75 Å². The maximum Gasteiger partial charge on any atom is 0.325 e.